The first kappa shape index (κ1) is 15.3. The molecule has 0 radical (unpaired) electrons. The van der Waals surface area contributed by atoms with E-state index in [1.807, 2.05) is 13.1 Å². The van der Waals surface area contributed by atoms with Gasteiger partial charge in [0, 0.05) is 25.8 Å². The third kappa shape index (κ3) is 2.95. The van der Waals surface area contributed by atoms with Crippen molar-refractivity contribution in [3.63, 3.8) is 0 Å². The summed E-state index contributed by atoms with van der Waals surface area (Å²) in [5, 5.41) is 0. The van der Waals surface area contributed by atoms with Gasteiger partial charge in [-0.15, -0.1) is 0 Å². The van der Waals surface area contributed by atoms with Crippen LogP contribution in [0.4, 0.5) is 5.82 Å². The summed E-state index contributed by atoms with van der Waals surface area (Å²) < 4.78 is 0. The number of hydrogen-bond donors (Lipinski definition) is 1. The van der Waals surface area contributed by atoms with Gasteiger partial charge in [0.15, 0.2) is 0 Å². The molecule has 2 aliphatic heterocycles. The molecular weight excluding hydrogens is 276 g/mol. The summed E-state index contributed by atoms with van der Waals surface area (Å²) >= 11 is 0. The minimum Gasteiger partial charge on any atom is -0.368 e. The van der Waals surface area contributed by atoms with E-state index in [-0.39, 0.29) is 5.91 Å². The highest BCUT2D eigenvalue weighted by atomic mass is 16.1. The summed E-state index contributed by atoms with van der Waals surface area (Å²) in [5.41, 5.74) is 6.28. The second-order valence-corrected chi connectivity index (χ2v) is 6.74. The Morgan fingerprint density at radius 2 is 1.95 bits per heavy atom. The quantitative estimate of drug-likeness (QED) is 0.923. The van der Waals surface area contributed by atoms with Crippen molar-refractivity contribution in [2.24, 2.45) is 5.73 Å². The van der Waals surface area contributed by atoms with Gasteiger partial charge in [0.05, 0.1) is 5.54 Å². The molecule has 2 aliphatic rings. The van der Waals surface area contributed by atoms with Crippen molar-refractivity contribution in [2.75, 3.05) is 24.5 Å². The van der Waals surface area contributed by atoms with Crippen molar-refractivity contribution in [1.82, 2.24) is 9.88 Å². The Morgan fingerprint density at radius 1 is 1.23 bits per heavy atom. The lowest BCUT2D eigenvalue weighted by Gasteiger charge is -2.42. The molecule has 0 saturated carbocycles. The van der Waals surface area contributed by atoms with Crippen LogP contribution in [-0.2, 0) is 11.3 Å². The molecule has 1 aromatic rings. The summed E-state index contributed by atoms with van der Waals surface area (Å²) in [4.78, 5) is 21.0. The number of pyridine rings is 1. The van der Waals surface area contributed by atoms with E-state index in [0.29, 0.717) is 0 Å². The van der Waals surface area contributed by atoms with Gasteiger partial charge >= 0.3 is 0 Å². The van der Waals surface area contributed by atoms with Crippen LogP contribution >= 0.6 is 0 Å². The number of carbonyl (C=O) groups is 1. The zero-order valence-corrected chi connectivity index (χ0v) is 13.4. The number of likely N-dealkylation sites (tertiary alicyclic amines) is 1. The normalized spacial score (nSPS) is 26.3. The summed E-state index contributed by atoms with van der Waals surface area (Å²) in [7, 11) is 0. The Labute approximate surface area is 132 Å². The van der Waals surface area contributed by atoms with Gasteiger partial charge in [0.1, 0.15) is 5.82 Å². The topological polar surface area (TPSA) is 62.5 Å². The standard InChI is InChI=1S/C17H26N4O/c1-17(16(18)22)8-2-3-11-21(17)13-14-6-7-15(19-12-14)20-9-4-5-10-20/h6-7,12H,2-5,8-11,13H2,1H3,(H2,18,22)/t17-/m0/s1. The fourth-order valence-electron chi connectivity index (χ4n) is 3.57. The van der Waals surface area contributed by atoms with Crippen molar-refractivity contribution < 1.29 is 4.79 Å². The Bertz CT molecular complexity index is 524. The van der Waals surface area contributed by atoms with E-state index in [0.717, 1.165) is 56.8 Å². The molecule has 3 rings (SSSR count). The first-order valence-electron chi connectivity index (χ1n) is 8.34. The van der Waals surface area contributed by atoms with Crippen LogP contribution in [0.1, 0.15) is 44.6 Å². The molecule has 5 nitrogen and oxygen atoms in total. The maximum absolute atomic E-state index is 11.9. The maximum atomic E-state index is 11.9. The van der Waals surface area contributed by atoms with Gasteiger partial charge in [0.25, 0.3) is 0 Å². The summed E-state index contributed by atoms with van der Waals surface area (Å²) in [6.45, 7) is 5.86. The van der Waals surface area contributed by atoms with Crippen molar-refractivity contribution >= 4 is 11.7 Å². The first-order valence-corrected chi connectivity index (χ1v) is 8.34. The van der Waals surface area contributed by atoms with E-state index in [9.17, 15) is 4.79 Å². The third-order valence-corrected chi connectivity index (χ3v) is 5.18. The lowest BCUT2D eigenvalue weighted by atomic mass is 9.87. The molecule has 3 heterocycles. The van der Waals surface area contributed by atoms with Crippen LogP contribution in [-0.4, -0.2) is 41.0 Å². The highest BCUT2D eigenvalue weighted by Crippen LogP contribution is 2.29. The van der Waals surface area contributed by atoms with Crippen LogP contribution in [0.25, 0.3) is 0 Å². The molecule has 22 heavy (non-hydrogen) atoms. The number of aromatic nitrogens is 1. The molecule has 5 heteroatoms. The van der Waals surface area contributed by atoms with Crippen LogP contribution in [0.5, 0.6) is 0 Å². The number of amides is 1. The third-order valence-electron chi connectivity index (χ3n) is 5.18. The van der Waals surface area contributed by atoms with Gasteiger partial charge in [-0.3, -0.25) is 9.69 Å². The zero-order chi connectivity index (χ0) is 15.6. The molecule has 120 valence electrons. The van der Waals surface area contributed by atoms with Crippen LogP contribution in [0, 0.1) is 0 Å². The van der Waals surface area contributed by atoms with E-state index >= 15 is 0 Å². The summed E-state index contributed by atoms with van der Waals surface area (Å²) in [6.07, 6.45) is 7.51. The second-order valence-electron chi connectivity index (χ2n) is 6.74. The smallest absolute Gasteiger partial charge is 0.237 e. The predicted molar refractivity (Wildman–Crippen MR) is 87.5 cm³/mol. The number of carbonyl (C=O) groups excluding carboxylic acids is 1. The van der Waals surface area contributed by atoms with Crippen LogP contribution < -0.4 is 10.6 Å². The molecule has 0 spiro atoms. The van der Waals surface area contributed by atoms with Gasteiger partial charge < -0.3 is 10.6 Å². The lowest BCUT2D eigenvalue weighted by Crippen LogP contribution is -2.57. The number of nitrogens with two attached hydrogens (primary N) is 1. The van der Waals surface area contributed by atoms with E-state index in [1.54, 1.807) is 0 Å². The molecule has 1 aromatic heterocycles. The predicted octanol–water partition coefficient (Wildman–Crippen LogP) is 1.91. The average Bonchev–Trinajstić information content (AvgIpc) is 3.04. The largest absolute Gasteiger partial charge is 0.368 e. The van der Waals surface area contributed by atoms with Crippen molar-refractivity contribution in [1.29, 1.82) is 0 Å². The van der Waals surface area contributed by atoms with E-state index < -0.39 is 5.54 Å². The van der Waals surface area contributed by atoms with Crippen LogP contribution in [0.15, 0.2) is 18.3 Å². The second kappa shape index (κ2) is 6.24. The zero-order valence-electron chi connectivity index (χ0n) is 13.4. The van der Waals surface area contributed by atoms with E-state index in [2.05, 4.69) is 26.9 Å². The van der Waals surface area contributed by atoms with Crippen molar-refractivity contribution in [3.05, 3.63) is 23.9 Å². The van der Waals surface area contributed by atoms with E-state index in [1.165, 1.54) is 12.8 Å². The number of hydrogen-bond acceptors (Lipinski definition) is 4. The Kier molecular flexibility index (Phi) is 4.34. The summed E-state index contributed by atoms with van der Waals surface area (Å²) in [5.74, 6) is 0.853. The minimum absolute atomic E-state index is 0.214. The van der Waals surface area contributed by atoms with Crippen molar-refractivity contribution in [2.45, 2.75) is 51.1 Å². The van der Waals surface area contributed by atoms with E-state index in [4.69, 9.17) is 5.73 Å². The molecule has 2 saturated heterocycles. The molecule has 2 fully saturated rings. The minimum atomic E-state index is -0.522. The maximum Gasteiger partial charge on any atom is 0.237 e. The monoisotopic (exact) mass is 302 g/mol. The number of piperidine rings is 1. The fraction of sp³-hybridized carbons (Fsp3) is 0.647. The Balaban J connectivity index is 1.70. The molecule has 0 bridgehead atoms. The SMILES string of the molecule is C[C@@]1(C(N)=O)CCCCN1Cc1ccc(N2CCCC2)nc1. The first-order chi connectivity index (χ1) is 10.6. The van der Waals surface area contributed by atoms with Gasteiger partial charge in [-0.2, -0.15) is 0 Å². The van der Waals surface area contributed by atoms with Gasteiger partial charge in [-0.1, -0.05) is 6.07 Å². The highest BCUT2D eigenvalue weighted by molar-refractivity contribution is 5.84. The lowest BCUT2D eigenvalue weighted by molar-refractivity contribution is -0.132. The number of primary amides is 1. The average molecular weight is 302 g/mol. The van der Waals surface area contributed by atoms with Gasteiger partial charge in [0.2, 0.25) is 5.91 Å². The molecule has 0 aliphatic carbocycles. The Morgan fingerprint density at radius 3 is 2.59 bits per heavy atom. The molecule has 0 aromatic carbocycles. The molecular formula is C17H26N4O. The summed E-state index contributed by atoms with van der Waals surface area (Å²) in [6, 6.07) is 4.24. The number of nitrogens with zero attached hydrogens (tertiary/aromatic N) is 3. The number of rotatable bonds is 4. The fourth-order valence-corrected chi connectivity index (χ4v) is 3.57. The van der Waals surface area contributed by atoms with Crippen LogP contribution in [0.2, 0.25) is 0 Å². The molecule has 0 unspecified atom stereocenters. The van der Waals surface area contributed by atoms with Gasteiger partial charge in [-0.05, 0) is 57.2 Å². The number of anilines is 1. The molecule has 2 N–H and O–H groups in total. The van der Waals surface area contributed by atoms with Crippen LogP contribution in [0.3, 0.4) is 0 Å². The molecule has 1 atom stereocenters. The van der Waals surface area contributed by atoms with Crippen molar-refractivity contribution in [3.8, 4) is 0 Å². The molecule has 1 amide bonds. The Hall–Kier alpha value is -1.62. The highest BCUT2D eigenvalue weighted by Gasteiger charge is 2.39. The van der Waals surface area contributed by atoms with Gasteiger partial charge in [-0.25, -0.2) is 4.98 Å².